The maximum Gasteiger partial charge on any atom is 0.310 e. The number of nitrogens with zero attached hydrogens (tertiary/aromatic N) is 1. The molecule has 1 heterocycles. The predicted molar refractivity (Wildman–Crippen MR) is 84.7 cm³/mol. The lowest BCUT2D eigenvalue weighted by Crippen LogP contribution is -2.44. The van der Waals surface area contributed by atoms with Gasteiger partial charge in [-0.2, -0.15) is 0 Å². The van der Waals surface area contributed by atoms with Crippen LogP contribution < -0.4 is 0 Å². The van der Waals surface area contributed by atoms with Crippen molar-refractivity contribution in [2.24, 2.45) is 5.92 Å². The van der Waals surface area contributed by atoms with Crippen LogP contribution in [0.1, 0.15) is 52.9 Å². The summed E-state index contributed by atoms with van der Waals surface area (Å²) in [6, 6.07) is 0.653. The van der Waals surface area contributed by atoms with Crippen molar-refractivity contribution in [1.29, 1.82) is 0 Å². The van der Waals surface area contributed by atoms with E-state index in [4.69, 9.17) is 11.2 Å². The molecule has 2 aliphatic rings. The van der Waals surface area contributed by atoms with Gasteiger partial charge in [0, 0.05) is 25.0 Å². The normalized spacial score (nSPS) is 27.0. The van der Waals surface area contributed by atoms with Gasteiger partial charge in [0.25, 0.3) is 0 Å². The first-order chi connectivity index (χ1) is 9.87. The molecule has 1 aliphatic heterocycles. The van der Waals surface area contributed by atoms with Gasteiger partial charge in [-0.3, -0.25) is 9.69 Å². The zero-order valence-electron chi connectivity index (χ0n) is 13.5. The molecule has 1 aliphatic carbocycles. The standard InChI is InChI=1S/C18H27NO2/c1-5-14-11-16(12-14)19-9-6-7-15(8-10-19)13-17(20)21-18(2,3)4/h1,7,14,16H,6,8-13H2,2-4H3/t14-,16-. The highest BCUT2D eigenvalue weighted by atomic mass is 16.6. The second-order valence-electron chi connectivity index (χ2n) is 7.19. The van der Waals surface area contributed by atoms with E-state index in [-0.39, 0.29) is 5.97 Å². The average Bonchev–Trinajstić information content (AvgIpc) is 2.51. The van der Waals surface area contributed by atoms with Crippen LogP contribution in [0.3, 0.4) is 0 Å². The van der Waals surface area contributed by atoms with E-state index < -0.39 is 5.60 Å². The van der Waals surface area contributed by atoms with E-state index in [1.807, 2.05) is 20.8 Å². The Morgan fingerprint density at radius 3 is 2.76 bits per heavy atom. The smallest absolute Gasteiger partial charge is 0.310 e. The van der Waals surface area contributed by atoms with Crippen molar-refractivity contribution >= 4 is 5.97 Å². The predicted octanol–water partition coefficient (Wildman–Crippen LogP) is 3.15. The van der Waals surface area contributed by atoms with E-state index in [0.29, 0.717) is 18.4 Å². The van der Waals surface area contributed by atoms with Crippen LogP contribution >= 0.6 is 0 Å². The first-order valence-corrected chi connectivity index (χ1v) is 7.97. The molecule has 2 rings (SSSR count). The highest BCUT2D eigenvalue weighted by molar-refractivity contribution is 5.72. The Hall–Kier alpha value is -1.27. The molecule has 0 unspecified atom stereocenters. The van der Waals surface area contributed by atoms with Crippen molar-refractivity contribution in [2.75, 3.05) is 13.1 Å². The molecule has 0 radical (unpaired) electrons. The Balaban J connectivity index is 1.77. The van der Waals surface area contributed by atoms with Gasteiger partial charge in [0.15, 0.2) is 0 Å². The monoisotopic (exact) mass is 289 g/mol. The first kappa shape index (κ1) is 16.1. The molecule has 0 N–H and O–H groups in total. The lowest BCUT2D eigenvalue weighted by Gasteiger charge is -2.40. The summed E-state index contributed by atoms with van der Waals surface area (Å²) in [6.07, 6.45) is 12.4. The van der Waals surface area contributed by atoms with Gasteiger partial charge in [-0.15, -0.1) is 12.3 Å². The molecule has 1 fully saturated rings. The van der Waals surface area contributed by atoms with Crippen molar-refractivity contribution in [1.82, 2.24) is 4.90 Å². The topological polar surface area (TPSA) is 29.5 Å². The van der Waals surface area contributed by atoms with E-state index >= 15 is 0 Å². The molecule has 0 aromatic carbocycles. The zero-order valence-corrected chi connectivity index (χ0v) is 13.5. The minimum atomic E-state index is -0.398. The third kappa shape index (κ3) is 4.89. The summed E-state index contributed by atoms with van der Waals surface area (Å²) < 4.78 is 5.40. The zero-order chi connectivity index (χ0) is 15.5. The minimum absolute atomic E-state index is 0.113. The summed E-state index contributed by atoms with van der Waals surface area (Å²) in [5.74, 6) is 3.21. The number of hydrogen-bond acceptors (Lipinski definition) is 3. The Kier molecular flexibility index (Phi) is 5.11. The number of hydrogen-bond donors (Lipinski definition) is 0. The molecule has 0 atom stereocenters. The molecule has 3 nitrogen and oxygen atoms in total. The Morgan fingerprint density at radius 1 is 1.43 bits per heavy atom. The Morgan fingerprint density at radius 2 is 2.14 bits per heavy atom. The van der Waals surface area contributed by atoms with Crippen molar-refractivity contribution in [3.05, 3.63) is 11.6 Å². The fraction of sp³-hybridized carbons (Fsp3) is 0.722. The number of rotatable bonds is 3. The van der Waals surface area contributed by atoms with Crippen molar-refractivity contribution in [3.63, 3.8) is 0 Å². The lowest BCUT2D eigenvalue weighted by atomic mass is 9.80. The summed E-state index contributed by atoms with van der Waals surface area (Å²) in [5, 5.41) is 0. The molecule has 0 spiro atoms. The number of carbonyl (C=O) groups excluding carboxylic acids is 1. The second-order valence-corrected chi connectivity index (χ2v) is 7.19. The van der Waals surface area contributed by atoms with E-state index in [0.717, 1.165) is 38.8 Å². The van der Waals surface area contributed by atoms with Crippen molar-refractivity contribution in [3.8, 4) is 12.3 Å². The van der Waals surface area contributed by atoms with Gasteiger partial charge in [0.2, 0.25) is 0 Å². The van der Waals surface area contributed by atoms with Crippen LogP contribution in [0, 0.1) is 18.3 Å². The molecule has 1 saturated carbocycles. The van der Waals surface area contributed by atoms with Crippen molar-refractivity contribution < 1.29 is 9.53 Å². The highest BCUT2D eigenvalue weighted by Crippen LogP contribution is 2.32. The molecular weight excluding hydrogens is 262 g/mol. The number of esters is 1. The van der Waals surface area contributed by atoms with Gasteiger partial charge >= 0.3 is 5.97 Å². The molecule has 0 amide bonds. The maximum atomic E-state index is 11.9. The number of carbonyl (C=O) groups is 1. The van der Waals surface area contributed by atoms with Crippen LogP contribution in [0.5, 0.6) is 0 Å². The van der Waals surface area contributed by atoms with Crippen LogP contribution in [0.25, 0.3) is 0 Å². The molecule has 3 heteroatoms. The third-order valence-electron chi connectivity index (χ3n) is 4.23. The van der Waals surface area contributed by atoms with Crippen LogP contribution in [-0.4, -0.2) is 35.6 Å². The lowest BCUT2D eigenvalue weighted by molar-refractivity contribution is -0.153. The van der Waals surface area contributed by atoms with Gasteiger partial charge < -0.3 is 4.74 Å². The molecule has 0 aromatic rings. The van der Waals surface area contributed by atoms with Gasteiger partial charge in [-0.05, 0) is 46.5 Å². The van der Waals surface area contributed by atoms with Crippen LogP contribution in [0.15, 0.2) is 11.6 Å². The maximum absolute atomic E-state index is 11.9. The summed E-state index contributed by atoms with van der Waals surface area (Å²) in [4.78, 5) is 14.4. The van der Waals surface area contributed by atoms with E-state index in [9.17, 15) is 4.79 Å². The van der Waals surface area contributed by atoms with Crippen LogP contribution in [0.4, 0.5) is 0 Å². The third-order valence-corrected chi connectivity index (χ3v) is 4.23. The van der Waals surface area contributed by atoms with Crippen molar-refractivity contribution in [2.45, 2.75) is 64.5 Å². The summed E-state index contributed by atoms with van der Waals surface area (Å²) in [7, 11) is 0. The Labute approximate surface area is 128 Å². The SMILES string of the molecule is C#C[C@H]1C[C@H](N2CCC=C(CC(=O)OC(C)(C)C)CC2)C1. The van der Waals surface area contributed by atoms with E-state index in [2.05, 4.69) is 16.9 Å². The summed E-state index contributed by atoms with van der Waals surface area (Å²) in [5.41, 5.74) is 0.824. The van der Waals surface area contributed by atoms with E-state index in [1.54, 1.807) is 0 Å². The first-order valence-electron chi connectivity index (χ1n) is 7.97. The fourth-order valence-electron chi connectivity index (χ4n) is 3.05. The average molecular weight is 289 g/mol. The van der Waals surface area contributed by atoms with Crippen LogP contribution in [-0.2, 0) is 9.53 Å². The number of ether oxygens (including phenoxy) is 1. The van der Waals surface area contributed by atoms with Crippen LogP contribution in [0.2, 0.25) is 0 Å². The summed E-state index contributed by atoms with van der Waals surface area (Å²) >= 11 is 0. The van der Waals surface area contributed by atoms with Gasteiger partial charge in [0.1, 0.15) is 5.60 Å². The molecule has 0 saturated heterocycles. The van der Waals surface area contributed by atoms with Gasteiger partial charge in [0.05, 0.1) is 6.42 Å². The quantitative estimate of drug-likeness (QED) is 0.454. The minimum Gasteiger partial charge on any atom is -0.460 e. The molecule has 21 heavy (non-hydrogen) atoms. The molecular formula is C18H27NO2. The molecule has 0 aromatic heterocycles. The summed E-state index contributed by atoms with van der Waals surface area (Å²) in [6.45, 7) is 7.85. The van der Waals surface area contributed by atoms with Gasteiger partial charge in [-0.25, -0.2) is 0 Å². The number of terminal acetylenes is 1. The van der Waals surface area contributed by atoms with E-state index in [1.165, 1.54) is 5.57 Å². The second kappa shape index (κ2) is 6.66. The highest BCUT2D eigenvalue weighted by Gasteiger charge is 2.32. The Bertz CT molecular complexity index is 447. The van der Waals surface area contributed by atoms with Gasteiger partial charge in [-0.1, -0.05) is 11.6 Å². The largest absolute Gasteiger partial charge is 0.460 e. The molecule has 0 bridgehead atoms. The fourth-order valence-corrected chi connectivity index (χ4v) is 3.05. The molecule has 116 valence electrons.